The van der Waals surface area contributed by atoms with Gasteiger partial charge in [0.25, 0.3) is 0 Å². The Labute approximate surface area is 168 Å². The van der Waals surface area contributed by atoms with Crippen molar-refractivity contribution in [3.8, 4) is 6.07 Å². The fourth-order valence-corrected chi connectivity index (χ4v) is 3.69. The van der Waals surface area contributed by atoms with Crippen molar-refractivity contribution in [3.63, 3.8) is 0 Å². The van der Waals surface area contributed by atoms with Gasteiger partial charge in [0.1, 0.15) is 0 Å². The Hall–Kier alpha value is -3.30. The maximum absolute atomic E-state index is 13.2. The number of urea groups is 1. The predicted molar refractivity (Wildman–Crippen MR) is 107 cm³/mol. The standard InChI is InChI=1S/C21H18ClN5O/c22-17-2-1-3-18(11-17)26-8-9-27(21(26)28)20(19-13-24-14-25-19)10-15-4-6-16(12-23)7-5-15/h1-7,11,13-14,20H,8-10H2,(H,24,25). The molecule has 7 heteroatoms. The van der Waals surface area contributed by atoms with Gasteiger partial charge in [0.15, 0.2) is 0 Å². The zero-order valence-corrected chi connectivity index (χ0v) is 15.8. The topological polar surface area (TPSA) is 76.0 Å². The molecule has 0 bridgehead atoms. The molecule has 140 valence electrons. The fourth-order valence-electron chi connectivity index (χ4n) is 3.50. The van der Waals surface area contributed by atoms with Crippen molar-refractivity contribution in [1.29, 1.82) is 5.26 Å². The summed E-state index contributed by atoms with van der Waals surface area (Å²) in [5.41, 5.74) is 3.34. The Morgan fingerprint density at radius 3 is 2.71 bits per heavy atom. The second kappa shape index (κ2) is 7.75. The molecule has 1 atom stereocenters. The first-order valence-corrected chi connectivity index (χ1v) is 9.34. The van der Waals surface area contributed by atoms with Gasteiger partial charge in [-0.05, 0) is 42.3 Å². The van der Waals surface area contributed by atoms with Crippen LogP contribution in [0.4, 0.5) is 10.5 Å². The Morgan fingerprint density at radius 1 is 1.21 bits per heavy atom. The maximum atomic E-state index is 13.2. The van der Waals surface area contributed by atoms with Gasteiger partial charge in [0.05, 0.1) is 35.9 Å². The molecule has 3 aromatic rings. The molecule has 4 rings (SSSR count). The van der Waals surface area contributed by atoms with Crippen molar-refractivity contribution in [1.82, 2.24) is 14.9 Å². The molecule has 0 radical (unpaired) electrons. The number of imidazole rings is 1. The van der Waals surface area contributed by atoms with Gasteiger partial charge < -0.3 is 9.88 Å². The molecule has 1 N–H and O–H groups in total. The molecule has 1 unspecified atom stereocenters. The monoisotopic (exact) mass is 391 g/mol. The Morgan fingerprint density at radius 2 is 2.04 bits per heavy atom. The molecular formula is C21H18ClN5O. The van der Waals surface area contributed by atoms with E-state index in [1.807, 2.05) is 29.2 Å². The molecule has 2 amide bonds. The minimum atomic E-state index is -0.174. The Kier molecular flexibility index (Phi) is 5.00. The summed E-state index contributed by atoms with van der Waals surface area (Å²) < 4.78 is 0. The molecule has 1 saturated heterocycles. The minimum Gasteiger partial charge on any atom is -0.347 e. The summed E-state index contributed by atoms with van der Waals surface area (Å²) in [6, 6.07) is 16.7. The third-order valence-corrected chi connectivity index (χ3v) is 5.16. The highest BCUT2D eigenvalue weighted by molar-refractivity contribution is 6.30. The number of anilines is 1. The normalized spacial score (nSPS) is 14.9. The number of hydrogen-bond acceptors (Lipinski definition) is 3. The van der Waals surface area contributed by atoms with Gasteiger partial charge in [0, 0.05) is 23.8 Å². The number of halogens is 1. The van der Waals surface area contributed by atoms with Gasteiger partial charge in [0.2, 0.25) is 0 Å². The molecule has 0 saturated carbocycles. The zero-order chi connectivity index (χ0) is 19.5. The van der Waals surface area contributed by atoms with Crippen LogP contribution in [-0.2, 0) is 6.42 Å². The molecule has 0 spiro atoms. The van der Waals surface area contributed by atoms with Gasteiger partial charge in [-0.2, -0.15) is 5.26 Å². The average molecular weight is 392 g/mol. The third-order valence-electron chi connectivity index (χ3n) is 4.93. The average Bonchev–Trinajstić information content (AvgIpc) is 3.37. The molecule has 1 aliphatic heterocycles. The lowest BCUT2D eigenvalue weighted by atomic mass is 10.0. The molecule has 28 heavy (non-hydrogen) atoms. The lowest BCUT2D eigenvalue weighted by Crippen LogP contribution is -2.35. The first-order chi connectivity index (χ1) is 13.7. The first kappa shape index (κ1) is 18.1. The number of aromatic amines is 1. The van der Waals surface area contributed by atoms with Crippen molar-refractivity contribution in [2.75, 3.05) is 18.0 Å². The summed E-state index contributed by atoms with van der Waals surface area (Å²) in [6.07, 6.45) is 4.00. The van der Waals surface area contributed by atoms with Crippen LogP contribution < -0.4 is 4.90 Å². The number of carbonyl (C=O) groups is 1. The lowest BCUT2D eigenvalue weighted by molar-refractivity contribution is 0.199. The van der Waals surface area contributed by atoms with Gasteiger partial charge in [-0.3, -0.25) is 4.90 Å². The Bertz CT molecular complexity index is 1010. The van der Waals surface area contributed by atoms with Crippen LogP contribution in [0.5, 0.6) is 0 Å². The molecule has 1 aromatic heterocycles. The molecular weight excluding hydrogens is 374 g/mol. The quantitative estimate of drug-likeness (QED) is 0.709. The second-order valence-corrected chi connectivity index (χ2v) is 7.08. The van der Waals surface area contributed by atoms with Gasteiger partial charge >= 0.3 is 6.03 Å². The highest BCUT2D eigenvalue weighted by atomic mass is 35.5. The Balaban J connectivity index is 1.60. The zero-order valence-electron chi connectivity index (χ0n) is 15.0. The predicted octanol–water partition coefficient (Wildman–Crippen LogP) is 4.16. The molecule has 6 nitrogen and oxygen atoms in total. The van der Waals surface area contributed by atoms with Crippen LogP contribution in [0.25, 0.3) is 0 Å². The number of nitrogens with one attached hydrogen (secondary N) is 1. The highest BCUT2D eigenvalue weighted by Crippen LogP contribution is 2.31. The van der Waals surface area contributed by atoms with Crippen molar-refractivity contribution >= 4 is 23.3 Å². The number of benzene rings is 2. The molecule has 2 aromatic carbocycles. The number of hydrogen-bond donors (Lipinski definition) is 1. The number of carbonyl (C=O) groups excluding carboxylic acids is 1. The van der Waals surface area contributed by atoms with Crippen molar-refractivity contribution in [2.45, 2.75) is 12.5 Å². The van der Waals surface area contributed by atoms with E-state index in [4.69, 9.17) is 16.9 Å². The number of H-pyrrole nitrogens is 1. The van der Waals surface area contributed by atoms with E-state index in [1.54, 1.807) is 41.7 Å². The van der Waals surface area contributed by atoms with Crippen LogP contribution in [-0.4, -0.2) is 34.0 Å². The largest absolute Gasteiger partial charge is 0.347 e. The van der Waals surface area contributed by atoms with E-state index in [-0.39, 0.29) is 12.1 Å². The van der Waals surface area contributed by atoms with E-state index >= 15 is 0 Å². The van der Waals surface area contributed by atoms with Crippen LogP contribution in [0.1, 0.15) is 22.9 Å². The molecule has 1 aliphatic rings. The van der Waals surface area contributed by atoms with E-state index in [1.165, 1.54) is 0 Å². The van der Waals surface area contributed by atoms with Gasteiger partial charge in [-0.1, -0.05) is 29.8 Å². The van der Waals surface area contributed by atoms with Gasteiger partial charge in [-0.25, -0.2) is 9.78 Å². The van der Waals surface area contributed by atoms with Crippen LogP contribution in [0.2, 0.25) is 5.02 Å². The molecule has 0 aliphatic carbocycles. The van der Waals surface area contributed by atoms with E-state index in [0.29, 0.717) is 30.1 Å². The summed E-state index contributed by atoms with van der Waals surface area (Å²) in [4.78, 5) is 24.0. The van der Waals surface area contributed by atoms with E-state index < -0.39 is 0 Å². The number of aromatic nitrogens is 2. The van der Waals surface area contributed by atoms with Crippen LogP contribution >= 0.6 is 11.6 Å². The number of amides is 2. The summed E-state index contributed by atoms with van der Waals surface area (Å²) >= 11 is 6.10. The molecule has 2 heterocycles. The van der Waals surface area contributed by atoms with Crippen molar-refractivity contribution < 1.29 is 4.79 Å². The fraction of sp³-hybridized carbons (Fsp3) is 0.190. The lowest BCUT2D eigenvalue weighted by Gasteiger charge is -2.27. The summed E-state index contributed by atoms with van der Waals surface area (Å²) in [5.74, 6) is 0. The first-order valence-electron chi connectivity index (χ1n) is 8.97. The second-order valence-electron chi connectivity index (χ2n) is 6.64. The SMILES string of the molecule is N#Cc1ccc(CC(c2cnc[nH]2)N2CCN(c3cccc(Cl)c3)C2=O)cc1. The van der Waals surface area contributed by atoms with E-state index in [9.17, 15) is 4.79 Å². The summed E-state index contributed by atoms with van der Waals surface area (Å²) in [6.45, 7) is 1.20. The maximum Gasteiger partial charge on any atom is 0.325 e. The summed E-state index contributed by atoms with van der Waals surface area (Å²) in [7, 11) is 0. The smallest absolute Gasteiger partial charge is 0.325 e. The third kappa shape index (κ3) is 3.57. The highest BCUT2D eigenvalue weighted by Gasteiger charge is 2.36. The number of nitriles is 1. The van der Waals surface area contributed by atoms with Crippen LogP contribution in [0.3, 0.4) is 0 Å². The minimum absolute atomic E-state index is 0.0597. The summed E-state index contributed by atoms with van der Waals surface area (Å²) in [5, 5.41) is 9.60. The van der Waals surface area contributed by atoms with E-state index in [2.05, 4.69) is 16.0 Å². The number of nitrogens with zero attached hydrogens (tertiary/aromatic N) is 4. The molecule has 1 fully saturated rings. The van der Waals surface area contributed by atoms with Gasteiger partial charge in [-0.15, -0.1) is 0 Å². The van der Waals surface area contributed by atoms with E-state index in [0.717, 1.165) is 16.9 Å². The van der Waals surface area contributed by atoms with Crippen LogP contribution in [0, 0.1) is 11.3 Å². The number of rotatable bonds is 5. The van der Waals surface area contributed by atoms with Crippen molar-refractivity contribution in [3.05, 3.63) is 82.9 Å². The van der Waals surface area contributed by atoms with Crippen LogP contribution in [0.15, 0.2) is 61.1 Å². The van der Waals surface area contributed by atoms with Crippen molar-refractivity contribution in [2.24, 2.45) is 0 Å².